The maximum absolute atomic E-state index is 3.66. The third kappa shape index (κ3) is 8.92. The molecule has 92 valence electrons. The van der Waals surface area contributed by atoms with Crippen molar-refractivity contribution in [2.75, 3.05) is 6.54 Å². The molecule has 1 atom stereocenters. The van der Waals surface area contributed by atoms with Crippen LogP contribution in [0.5, 0.6) is 0 Å². The van der Waals surface area contributed by atoms with Crippen LogP contribution in [0.1, 0.15) is 66.7 Å². The van der Waals surface area contributed by atoms with Crippen molar-refractivity contribution in [3.8, 4) is 0 Å². The van der Waals surface area contributed by atoms with Crippen molar-refractivity contribution in [1.29, 1.82) is 0 Å². The van der Waals surface area contributed by atoms with Crippen LogP contribution in [0, 0.1) is 11.8 Å². The molecule has 0 aromatic carbocycles. The summed E-state index contributed by atoms with van der Waals surface area (Å²) >= 11 is 0. The minimum Gasteiger partial charge on any atom is -0.314 e. The minimum absolute atomic E-state index is 0.733. The molecule has 0 heterocycles. The highest BCUT2D eigenvalue weighted by Gasteiger charge is 2.11. The molecule has 1 heteroatoms. The quantitative estimate of drug-likeness (QED) is 0.565. The van der Waals surface area contributed by atoms with Gasteiger partial charge in [-0.15, -0.1) is 0 Å². The van der Waals surface area contributed by atoms with Crippen LogP contribution in [0.15, 0.2) is 0 Å². The lowest BCUT2D eigenvalue weighted by molar-refractivity contribution is 0.361. The molecule has 0 aliphatic heterocycles. The fourth-order valence-corrected chi connectivity index (χ4v) is 1.92. The normalized spacial score (nSPS) is 13.8. The highest BCUT2D eigenvalue weighted by molar-refractivity contribution is 4.70. The molecule has 1 unspecified atom stereocenters. The molecule has 0 saturated heterocycles. The van der Waals surface area contributed by atoms with Crippen molar-refractivity contribution in [2.24, 2.45) is 11.8 Å². The summed E-state index contributed by atoms with van der Waals surface area (Å²) in [7, 11) is 0. The SMILES string of the molecule is CCCNC(CCCCC(C)C)C(C)C. The van der Waals surface area contributed by atoms with E-state index in [0.717, 1.165) is 17.9 Å². The smallest absolute Gasteiger partial charge is 0.00900 e. The average molecular weight is 213 g/mol. The second kappa shape index (κ2) is 9.21. The van der Waals surface area contributed by atoms with Crippen LogP contribution in [-0.4, -0.2) is 12.6 Å². The average Bonchev–Trinajstić information content (AvgIpc) is 2.15. The van der Waals surface area contributed by atoms with E-state index in [-0.39, 0.29) is 0 Å². The van der Waals surface area contributed by atoms with Gasteiger partial charge >= 0.3 is 0 Å². The molecule has 0 fully saturated rings. The van der Waals surface area contributed by atoms with Crippen molar-refractivity contribution in [1.82, 2.24) is 5.32 Å². The first-order valence-electron chi connectivity index (χ1n) is 6.81. The first kappa shape index (κ1) is 15.0. The van der Waals surface area contributed by atoms with Crippen molar-refractivity contribution < 1.29 is 0 Å². The predicted molar refractivity (Wildman–Crippen MR) is 70.2 cm³/mol. The van der Waals surface area contributed by atoms with Gasteiger partial charge in [0, 0.05) is 6.04 Å². The van der Waals surface area contributed by atoms with Gasteiger partial charge in [0.15, 0.2) is 0 Å². The summed E-state index contributed by atoms with van der Waals surface area (Å²) in [5.74, 6) is 1.64. The summed E-state index contributed by atoms with van der Waals surface area (Å²) in [4.78, 5) is 0. The fourth-order valence-electron chi connectivity index (χ4n) is 1.92. The molecule has 0 amide bonds. The molecule has 0 aliphatic carbocycles. The van der Waals surface area contributed by atoms with E-state index in [0.29, 0.717) is 0 Å². The van der Waals surface area contributed by atoms with E-state index >= 15 is 0 Å². The zero-order chi connectivity index (χ0) is 11.7. The van der Waals surface area contributed by atoms with E-state index in [1.165, 1.54) is 38.6 Å². The summed E-state index contributed by atoms with van der Waals surface area (Å²) in [5.41, 5.74) is 0. The lowest BCUT2D eigenvalue weighted by atomic mass is 9.96. The van der Waals surface area contributed by atoms with Crippen molar-refractivity contribution in [3.05, 3.63) is 0 Å². The van der Waals surface area contributed by atoms with Gasteiger partial charge in [0.05, 0.1) is 0 Å². The van der Waals surface area contributed by atoms with Crippen molar-refractivity contribution in [3.63, 3.8) is 0 Å². The highest BCUT2D eigenvalue weighted by atomic mass is 14.9. The third-order valence-corrected chi connectivity index (χ3v) is 3.01. The molecule has 15 heavy (non-hydrogen) atoms. The Hall–Kier alpha value is -0.0400. The monoisotopic (exact) mass is 213 g/mol. The largest absolute Gasteiger partial charge is 0.314 e. The Morgan fingerprint density at radius 1 is 0.933 bits per heavy atom. The Labute approximate surface area is 97.0 Å². The third-order valence-electron chi connectivity index (χ3n) is 3.01. The molecule has 1 nitrogen and oxygen atoms in total. The van der Waals surface area contributed by atoms with Crippen LogP contribution in [0.25, 0.3) is 0 Å². The van der Waals surface area contributed by atoms with Crippen LogP contribution in [0.4, 0.5) is 0 Å². The van der Waals surface area contributed by atoms with E-state index in [1.54, 1.807) is 0 Å². The van der Waals surface area contributed by atoms with E-state index < -0.39 is 0 Å². The van der Waals surface area contributed by atoms with Gasteiger partial charge in [-0.3, -0.25) is 0 Å². The van der Waals surface area contributed by atoms with Crippen LogP contribution < -0.4 is 5.32 Å². The summed E-state index contributed by atoms with van der Waals surface area (Å²) < 4.78 is 0. The summed E-state index contributed by atoms with van der Waals surface area (Å²) in [6.45, 7) is 12.7. The van der Waals surface area contributed by atoms with Gasteiger partial charge in [-0.2, -0.15) is 0 Å². The molecule has 0 aromatic rings. The van der Waals surface area contributed by atoms with E-state index in [2.05, 4.69) is 39.9 Å². The first-order valence-corrected chi connectivity index (χ1v) is 6.81. The summed E-state index contributed by atoms with van der Waals surface area (Å²) in [5, 5.41) is 3.66. The number of unbranched alkanes of at least 4 members (excludes halogenated alkanes) is 1. The van der Waals surface area contributed by atoms with E-state index in [1.807, 2.05) is 0 Å². The molecule has 0 rings (SSSR count). The number of hydrogen-bond acceptors (Lipinski definition) is 1. The van der Waals surface area contributed by atoms with Crippen LogP contribution in [0.2, 0.25) is 0 Å². The van der Waals surface area contributed by atoms with Crippen molar-refractivity contribution in [2.45, 2.75) is 72.8 Å². The lowest BCUT2D eigenvalue weighted by Gasteiger charge is -2.22. The van der Waals surface area contributed by atoms with Crippen LogP contribution in [0.3, 0.4) is 0 Å². The van der Waals surface area contributed by atoms with Crippen LogP contribution >= 0.6 is 0 Å². The second-order valence-corrected chi connectivity index (χ2v) is 5.48. The Kier molecular flexibility index (Phi) is 9.18. The standard InChI is InChI=1S/C14H31N/c1-6-11-15-14(13(4)5)10-8-7-9-12(2)3/h12-15H,6-11H2,1-5H3. The number of nitrogens with one attached hydrogen (secondary N) is 1. The molecule has 0 aromatic heterocycles. The Morgan fingerprint density at radius 2 is 1.53 bits per heavy atom. The topological polar surface area (TPSA) is 12.0 Å². The second-order valence-electron chi connectivity index (χ2n) is 5.48. The van der Waals surface area contributed by atoms with E-state index in [9.17, 15) is 0 Å². The Morgan fingerprint density at radius 3 is 2.00 bits per heavy atom. The lowest BCUT2D eigenvalue weighted by Crippen LogP contribution is -2.34. The van der Waals surface area contributed by atoms with Gasteiger partial charge < -0.3 is 5.32 Å². The highest BCUT2D eigenvalue weighted by Crippen LogP contribution is 2.13. The molecule has 0 radical (unpaired) electrons. The molecule has 0 bridgehead atoms. The molecule has 1 N–H and O–H groups in total. The van der Waals surface area contributed by atoms with Gasteiger partial charge in [-0.1, -0.05) is 53.9 Å². The fraction of sp³-hybridized carbons (Fsp3) is 1.00. The minimum atomic E-state index is 0.733. The van der Waals surface area contributed by atoms with Gasteiger partial charge in [-0.25, -0.2) is 0 Å². The van der Waals surface area contributed by atoms with Gasteiger partial charge in [0.1, 0.15) is 0 Å². The zero-order valence-corrected chi connectivity index (χ0v) is 11.5. The van der Waals surface area contributed by atoms with Crippen LogP contribution in [-0.2, 0) is 0 Å². The van der Waals surface area contributed by atoms with Gasteiger partial charge in [0.2, 0.25) is 0 Å². The van der Waals surface area contributed by atoms with Gasteiger partial charge in [-0.05, 0) is 31.2 Å². The number of rotatable bonds is 9. The maximum Gasteiger partial charge on any atom is 0.00900 e. The molecular formula is C14H31N. The molecular weight excluding hydrogens is 182 g/mol. The van der Waals surface area contributed by atoms with Crippen molar-refractivity contribution >= 4 is 0 Å². The number of hydrogen-bond donors (Lipinski definition) is 1. The molecule has 0 spiro atoms. The molecule has 0 saturated carbocycles. The summed E-state index contributed by atoms with van der Waals surface area (Å²) in [6, 6.07) is 0.733. The predicted octanol–water partition coefficient (Wildman–Crippen LogP) is 4.23. The molecule has 0 aliphatic rings. The van der Waals surface area contributed by atoms with Gasteiger partial charge in [0.25, 0.3) is 0 Å². The summed E-state index contributed by atoms with van der Waals surface area (Å²) in [6.07, 6.45) is 6.77. The first-order chi connectivity index (χ1) is 7.07. The van der Waals surface area contributed by atoms with E-state index in [4.69, 9.17) is 0 Å². The maximum atomic E-state index is 3.66. The Balaban J connectivity index is 3.57. The Bertz CT molecular complexity index is 129. The zero-order valence-electron chi connectivity index (χ0n) is 11.5.